The summed E-state index contributed by atoms with van der Waals surface area (Å²) in [5.41, 5.74) is 2.09. The van der Waals surface area contributed by atoms with Gasteiger partial charge in [-0.05, 0) is 18.2 Å². The van der Waals surface area contributed by atoms with Crippen molar-refractivity contribution in [3.63, 3.8) is 0 Å². The van der Waals surface area contributed by atoms with Crippen molar-refractivity contribution in [3.8, 4) is 0 Å². The van der Waals surface area contributed by atoms with Crippen LogP contribution in [-0.4, -0.2) is 4.98 Å². The van der Waals surface area contributed by atoms with Crippen molar-refractivity contribution in [2.75, 3.05) is 5.32 Å². The van der Waals surface area contributed by atoms with Gasteiger partial charge in [-0.25, -0.2) is 4.98 Å². The molecule has 0 saturated carbocycles. The number of nitrogens with zero attached hydrogens (tertiary/aromatic N) is 1. The van der Waals surface area contributed by atoms with Gasteiger partial charge in [-0.1, -0.05) is 44.0 Å². The highest BCUT2D eigenvalue weighted by atomic mass is 35.5. The molecule has 0 spiro atoms. The van der Waals surface area contributed by atoms with Gasteiger partial charge in [-0.3, -0.25) is 0 Å². The maximum Gasteiger partial charge on any atom is 0.112 e. The fourth-order valence-electron chi connectivity index (χ4n) is 1.54. The molecule has 0 atom stereocenters. The minimum Gasteiger partial charge on any atom is -0.377 e. The molecule has 2 nitrogen and oxygen atoms in total. The van der Waals surface area contributed by atoms with Gasteiger partial charge in [-0.2, -0.15) is 0 Å². The van der Waals surface area contributed by atoms with Crippen LogP contribution in [0, 0.1) is 0 Å². The summed E-state index contributed by atoms with van der Waals surface area (Å²) in [6.45, 7) is 7.15. The van der Waals surface area contributed by atoms with Crippen LogP contribution in [0.15, 0.2) is 23.6 Å². The van der Waals surface area contributed by atoms with Crippen LogP contribution in [0.3, 0.4) is 0 Å². The standard InChI is InChI=1S/C14H16Cl2N2S/c1-14(2,3)12-8-19-13(18-12)7-17-11-5-4-9(15)6-10(11)16/h4-6,8,17H,7H2,1-3H3. The van der Waals surface area contributed by atoms with Crippen LogP contribution in [-0.2, 0) is 12.0 Å². The molecule has 2 rings (SSSR count). The highest BCUT2D eigenvalue weighted by molar-refractivity contribution is 7.09. The lowest BCUT2D eigenvalue weighted by atomic mass is 9.93. The Hall–Kier alpha value is -0.770. The lowest BCUT2D eigenvalue weighted by molar-refractivity contribution is 0.571. The fourth-order valence-corrected chi connectivity index (χ4v) is 2.98. The SMILES string of the molecule is CC(C)(C)c1csc(CNc2ccc(Cl)cc2Cl)n1. The zero-order valence-corrected chi connectivity index (χ0v) is 13.5. The Labute approximate surface area is 127 Å². The molecule has 1 N–H and O–H groups in total. The molecule has 0 aliphatic heterocycles. The van der Waals surface area contributed by atoms with Gasteiger partial charge in [0.05, 0.1) is 22.9 Å². The second kappa shape index (κ2) is 5.70. The van der Waals surface area contributed by atoms with E-state index >= 15 is 0 Å². The monoisotopic (exact) mass is 314 g/mol. The Morgan fingerprint density at radius 3 is 2.58 bits per heavy atom. The van der Waals surface area contributed by atoms with E-state index in [0.717, 1.165) is 16.4 Å². The number of hydrogen-bond donors (Lipinski definition) is 1. The molecule has 0 bridgehead atoms. The Bertz CT molecular complexity index is 573. The van der Waals surface area contributed by atoms with E-state index in [9.17, 15) is 0 Å². The normalized spacial score (nSPS) is 11.6. The van der Waals surface area contributed by atoms with E-state index < -0.39 is 0 Å². The number of nitrogens with one attached hydrogen (secondary N) is 1. The minimum absolute atomic E-state index is 0.0899. The molecule has 1 heterocycles. The number of benzene rings is 1. The summed E-state index contributed by atoms with van der Waals surface area (Å²) in [6.07, 6.45) is 0. The summed E-state index contributed by atoms with van der Waals surface area (Å²) in [5, 5.41) is 7.71. The first-order valence-corrected chi connectivity index (χ1v) is 7.63. The van der Waals surface area contributed by atoms with Crippen molar-refractivity contribution in [2.24, 2.45) is 0 Å². The zero-order valence-electron chi connectivity index (χ0n) is 11.1. The minimum atomic E-state index is 0.0899. The van der Waals surface area contributed by atoms with Gasteiger partial charge in [0, 0.05) is 15.8 Å². The van der Waals surface area contributed by atoms with Gasteiger partial charge in [0.25, 0.3) is 0 Å². The molecule has 1 aromatic carbocycles. The Morgan fingerprint density at radius 1 is 1.26 bits per heavy atom. The second-order valence-electron chi connectivity index (χ2n) is 5.35. The Kier molecular flexibility index (Phi) is 4.39. The summed E-state index contributed by atoms with van der Waals surface area (Å²) in [7, 11) is 0. The van der Waals surface area contributed by atoms with Crippen LogP contribution >= 0.6 is 34.5 Å². The van der Waals surface area contributed by atoms with Crippen molar-refractivity contribution in [1.82, 2.24) is 4.98 Å². The molecule has 0 radical (unpaired) electrons. The first kappa shape index (κ1) is 14.6. The Morgan fingerprint density at radius 2 is 2.00 bits per heavy atom. The smallest absolute Gasteiger partial charge is 0.112 e. The number of rotatable bonds is 3. The number of anilines is 1. The molecule has 1 aromatic heterocycles. The van der Waals surface area contributed by atoms with E-state index in [2.05, 4.69) is 36.5 Å². The number of thiazole rings is 1. The van der Waals surface area contributed by atoms with E-state index in [1.165, 1.54) is 0 Å². The molecular formula is C14H16Cl2N2S. The first-order chi connectivity index (χ1) is 8.86. The van der Waals surface area contributed by atoms with Crippen LogP contribution in [0.5, 0.6) is 0 Å². The van der Waals surface area contributed by atoms with E-state index in [1.54, 1.807) is 17.4 Å². The summed E-state index contributed by atoms with van der Waals surface area (Å²) in [6, 6.07) is 5.43. The highest BCUT2D eigenvalue weighted by Crippen LogP contribution is 2.27. The number of aromatic nitrogens is 1. The van der Waals surface area contributed by atoms with Crippen molar-refractivity contribution in [2.45, 2.75) is 32.7 Å². The van der Waals surface area contributed by atoms with Gasteiger partial charge in [-0.15, -0.1) is 11.3 Å². The van der Waals surface area contributed by atoms with Crippen LogP contribution in [0.4, 0.5) is 5.69 Å². The molecule has 2 aromatic rings. The van der Waals surface area contributed by atoms with Gasteiger partial charge in [0.15, 0.2) is 0 Å². The lowest BCUT2D eigenvalue weighted by Crippen LogP contribution is -2.11. The van der Waals surface area contributed by atoms with Crippen molar-refractivity contribution >= 4 is 40.2 Å². The molecule has 0 aliphatic rings. The largest absolute Gasteiger partial charge is 0.377 e. The molecule has 0 unspecified atom stereocenters. The molecule has 5 heteroatoms. The maximum atomic E-state index is 6.11. The van der Waals surface area contributed by atoms with Crippen LogP contribution in [0.2, 0.25) is 10.0 Å². The maximum absolute atomic E-state index is 6.11. The molecule has 0 amide bonds. The average molecular weight is 315 g/mol. The molecule has 0 fully saturated rings. The quantitative estimate of drug-likeness (QED) is 0.825. The molecule has 102 valence electrons. The molecule has 0 saturated heterocycles. The first-order valence-electron chi connectivity index (χ1n) is 6.00. The molecule has 0 aliphatic carbocycles. The fraction of sp³-hybridized carbons (Fsp3) is 0.357. The van der Waals surface area contributed by atoms with E-state index in [1.807, 2.05) is 12.1 Å². The van der Waals surface area contributed by atoms with Crippen LogP contribution in [0.1, 0.15) is 31.5 Å². The summed E-state index contributed by atoms with van der Waals surface area (Å²) < 4.78 is 0. The Balaban J connectivity index is 2.04. The summed E-state index contributed by atoms with van der Waals surface area (Å²) in [5.74, 6) is 0. The van der Waals surface area contributed by atoms with Crippen LogP contribution < -0.4 is 5.32 Å². The van der Waals surface area contributed by atoms with E-state index in [0.29, 0.717) is 16.6 Å². The molecule has 19 heavy (non-hydrogen) atoms. The third-order valence-corrected chi connectivity index (χ3v) is 4.08. The predicted octanol–water partition coefficient (Wildman–Crippen LogP) is 5.36. The van der Waals surface area contributed by atoms with Crippen molar-refractivity contribution < 1.29 is 0 Å². The van der Waals surface area contributed by atoms with Gasteiger partial charge >= 0.3 is 0 Å². The average Bonchev–Trinajstić information content (AvgIpc) is 2.76. The zero-order chi connectivity index (χ0) is 14.0. The van der Waals surface area contributed by atoms with E-state index in [-0.39, 0.29) is 5.41 Å². The topological polar surface area (TPSA) is 24.9 Å². The summed E-state index contributed by atoms with van der Waals surface area (Å²) in [4.78, 5) is 4.63. The van der Waals surface area contributed by atoms with Gasteiger partial charge in [0.2, 0.25) is 0 Å². The molecular weight excluding hydrogens is 299 g/mol. The third-order valence-electron chi connectivity index (χ3n) is 2.68. The number of halogens is 2. The third kappa shape index (κ3) is 3.85. The lowest BCUT2D eigenvalue weighted by Gasteiger charge is -2.14. The summed E-state index contributed by atoms with van der Waals surface area (Å²) >= 11 is 13.6. The van der Waals surface area contributed by atoms with Crippen molar-refractivity contribution in [1.29, 1.82) is 0 Å². The van der Waals surface area contributed by atoms with Crippen molar-refractivity contribution in [3.05, 3.63) is 44.3 Å². The number of hydrogen-bond acceptors (Lipinski definition) is 3. The van der Waals surface area contributed by atoms with Gasteiger partial charge in [0.1, 0.15) is 5.01 Å². The van der Waals surface area contributed by atoms with Gasteiger partial charge < -0.3 is 5.32 Å². The second-order valence-corrected chi connectivity index (χ2v) is 7.14. The highest BCUT2D eigenvalue weighted by Gasteiger charge is 2.17. The van der Waals surface area contributed by atoms with Crippen LogP contribution in [0.25, 0.3) is 0 Å². The van der Waals surface area contributed by atoms with E-state index in [4.69, 9.17) is 23.2 Å². The predicted molar refractivity (Wildman–Crippen MR) is 84.6 cm³/mol.